The molecule has 0 fully saturated rings. The molecule has 2 aromatic rings. The zero-order valence-corrected chi connectivity index (χ0v) is 15.3. The van der Waals surface area contributed by atoms with Crippen LogP contribution in [0, 0.1) is 20.8 Å². The molecule has 4 heteroatoms. The summed E-state index contributed by atoms with van der Waals surface area (Å²) in [7, 11) is 0. The van der Waals surface area contributed by atoms with Crippen molar-refractivity contribution in [1.82, 2.24) is 5.32 Å². The molecule has 4 nitrogen and oxygen atoms in total. The average Bonchev–Trinajstić information content (AvgIpc) is 2.57. The van der Waals surface area contributed by atoms with Crippen molar-refractivity contribution in [3.8, 4) is 0 Å². The lowest BCUT2D eigenvalue weighted by Crippen LogP contribution is -2.35. The highest BCUT2D eigenvalue weighted by Crippen LogP contribution is 2.11. The molecule has 1 amide bonds. The number of benzene rings is 2. The topological polar surface area (TPSA) is 55.4 Å². The van der Waals surface area contributed by atoms with Crippen LogP contribution in [-0.2, 0) is 27.3 Å². The van der Waals surface area contributed by atoms with Crippen molar-refractivity contribution in [2.24, 2.45) is 0 Å². The number of carbonyl (C=O) groups excluding carboxylic acids is 2. The van der Waals surface area contributed by atoms with E-state index in [1.54, 1.807) is 6.92 Å². The van der Waals surface area contributed by atoms with E-state index >= 15 is 0 Å². The Labute approximate surface area is 149 Å². The fourth-order valence-corrected chi connectivity index (χ4v) is 2.41. The SMILES string of the molecule is Cc1ccc(CNC(=O)[C@@H](C)OC(=O)Cc2ccc(C)c(C)c2)cc1. The van der Waals surface area contributed by atoms with Crippen molar-refractivity contribution in [3.05, 3.63) is 70.3 Å². The Balaban J connectivity index is 1.82. The van der Waals surface area contributed by atoms with Gasteiger partial charge in [-0.15, -0.1) is 0 Å². The number of carbonyl (C=O) groups is 2. The monoisotopic (exact) mass is 339 g/mol. The van der Waals surface area contributed by atoms with E-state index in [0.717, 1.165) is 16.7 Å². The number of aryl methyl sites for hydroxylation is 3. The third-order valence-electron chi connectivity index (χ3n) is 4.18. The van der Waals surface area contributed by atoms with Crippen LogP contribution in [0.2, 0.25) is 0 Å². The van der Waals surface area contributed by atoms with Crippen LogP contribution >= 0.6 is 0 Å². The van der Waals surface area contributed by atoms with E-state index in [4.69, 9.17) is 4.74 Å². The average molecular weight is 339 g/mol. The third kappa shape index (κ3) is 5.75. The van der Waals surface area contributed by atoms with Gasteiger partial charge in [0.25, 0.3) is 5.91 Å². The zero-order chi connectivity index (χ0) is 18.4. The summed E-state index contributed by atoms with van der Waals surface area (Å²) in [6.45, 7) is 8.05. The summed E-state index contributed by atoms with van der Waals surface area (Å²) in [5, 5.41) is 2.79. The number of rotatable bonds is 6. The van der Waals surface area contributed by atoms with E-state index in [-0.39, 0.29) is 12.3 Å². The van der Waals surface area contributed by atoms with Gasteiger partial charge in [0, 0.05) is 6.54 Å². The largest absolute Gasteiger partial charge is 0.452 e. The molecule has 0 unspecified atom stereocenters. The molecule has 0 spiro atoms. The van der Waals surface area contributed by atoms with Crippen molar-refractivity contribution in [2.75, 3.05) is 0 Å². The molecule has 0 saturated heterocycles. The molecule has 132 valence electrons. The molecular formula is C21H25NO3. The van der Waals surface area contributed by atoms with E-state index in [1.807, 2.05) is 63.2 Å². The molecule has 1 N–H and O–H groups in total. The fraction of sp³-hybridized carbons (Fsp3) is 0.333. The van der Waals surface area contributed by atoms with Gasteiger partial charge in [-0.3, -0.25) is 9.59 Å². The summed E-state index contributed by atoms with van der Waals surface area (Å²) in [5.74, 6) is -0.699. The Morgan fingerprint density at radius 2 is 1.60 bits per heavy atom. The van der Waals surface area contributed by atoms with Crippen LogP contribution in [0.4, 0.5) is 0 Å². The van der Waals surface area contributed by atoms with Crippen LogP contribution in [0.5, 0.6) is 0 Å². The minimum absolute atomic E-state index is 0.163. The van der Waals surface area contributed by atoms with Crippen molar-refractivity contribution in [1.29, 1.82) is 0 Å². The molecule has 2 rings (SSSR count). The molecule has 0 bridgehead atoms. The van der Waals surface area contributed by atoms with Crippen LogP contribution < -0.4 is 5.32 Å². The van der Waals surface area contributed by atoms with Crippen molar-refractivity contribution < 1.29 is 14.3 Å². The van der Waals surface area contributed by atoms with Gasteiger partial charge in [-0.25, -0.2) is 0 Å². The normalized spacial score (nSPS) is 11.7. The number of esters is 1. The summed E-state index contributed by atoms with van der Waals surface area (Å²) in [6, 6.07) is 13.8. The fourth-order valence-electron chi connectivity index (χ4n) is 2.41. The van der Waals surface area contributed by atoms with Crippen LogP contribution in [0.25, 0.3) is 0 Å². The molecule has 0 aliphatic heterocycles. The van der Waals surface area contributed by atoms with Gasteiger partial charge in [-0.2, -0.15) is 0 Å². The van der Waals surface area contributed by atoms with E-state index in [1.165, 1.54) is 11.1 Å². The van der Waals surface area contributed by atoms with E-state index in [9.17, 15) is 9.59 Å². The Hall–Kier alpha value is -2.62. The van der Waals surface area contributed by atoms with Gasteiger partial charge >= 0.3 is 5.97 Å². The lowest BCUT2D eigenvalue weighted by atomic mass is 10.0. The highest BCUT2D eigenvalue weighted by atomic mass is 16.5. The summed E-state index contributed by atoms with van der Waals surface area (Å²) in [6.07, 6.45) is -0.652. The Bertz CT molecular complexity index is 750. The summed E-state index contributed by atoms with van der Waals surface area (Å²) >= 11 is 0. The maximum atomic E-state index is 12.1. The minimum atomic E-state index is -0.815. The summed E-state index contributed by atoms with van der Waals surface area (Å²) in [5.41, 5.74) is 5.38. The predicted octanol–water partition coefficient (Wildman–Crippen LogP) is 3.40. The number of hydrogen-bond donors (Lipinski definition) is 1. The molecular weight excluding hydrogens is 314 g/mol. The standard InChI is InChI=1S/C21H25NO3/c1-14-5-8-18(9-6-14)13-22-21(24)17(4)25-20(23)12-19-10-7-15(2)16(3)11-19/h5-11,17H,12-13H2,1-4H3,(H,22,24)/t17-/m1/s1. The summed E-state index contributed by atoms with van der Waals surface area (Å²) < 4.78 is 5.24. The smallest absolute Gasteiger partial charge is 0.311 e. The van der Waals surface area contributed by atoms with Gasteiger partial charge in [0.1, 0.15) is 0 Å². The first-order chi connectivity index (χ1) is 11.8. The quantitative estimate of drug-likeness (QED) is 0.821. The molecule has 1 atom stereocenters. The van der Waals surface area contributed by atoms with Crippen LogP contribution in [0.15, 0.2) is 42.5 Å². The van der Waals surface area contributed by atoms with Crippen molar-refractivity contribution >= 4 is 11.9 Å². The molecule has 0 radical (unpaired) electrons. The second-order valence-electron chi connectivity index (χ2n) is 6.43. The maximum Gasteiger partial charge on any atom is 0.311 e. The predicted molar refractivity (Wildman–Crippen MR) is 98.2 cm³/mol. The van der Waals surface area contributed by atoms with Gasteiger partial charge < -0.3 is 10.1 Å². The summed E-state index contributed by atoms with van der Waals surface area (Å²) in [4.78, 5) is 24.1. The lowest BCUT2D eigenvalue weighted by molar-refractivity contribution is -0.154. The van der Waals surface area contributed by atoms with E-state index in [0.29, 0.717) is 6.54 Å². The molecule has 25 heavy (non-hydrogen) atoms. The third-order valence-corrected chi connectivity index (χ3v) is 4.18. The van der Waals surface area contributed by atoms with Gasteiger partial charge in [0.15, 0.2) is 6.10 Å². The van der Waals surface area contributed by atoms with E-state index in [2.05, 4.69) is 5.32 Å². The molecule has 0 aliphatic carbocycles. The second kappa shape index (κ2) is 8.47. The Morgan fingerprint density at radius 3 is 2.24 bits per heavy atom. The Kier molecular flexibility index (Phi) is 6.34. The van der Waals surface area contributed by atoms with Gasteiger partial charge in [0.2, 0.25) is 0 Å². The lowest BCUT2D eigenvalue weighted by Gasteiger charge is -2.14. The van der Waals surface area contributed by atoms with E-state index < -0.39 is 12.1 Å². The first kappa shape index (κ1) is 18.7. The highest BCUT2D eigenvalue weighted by molar-refractivity contribution is 5.83. The Morgan fingerprint density at radius 1 is 0.960 bits per heavy atom. The van der Waals surface area contributed by atoms with Crippen LogP contribution in [0.3, 0.4) is 0 Å². The van der Waals surface area contributed by atoms with Crippen LogP contribution in [0.1, 0.15) is 34.7 Å². The maximum absolute atomic E-state index is 12.1. The zero-order valence-electron chi connectivity index (χ0n) is 15.3. The van der Waals surface area contributed by atoms with Crippen molar-refractivity contribution in [2.45, 2.75) is 46.8 Å². The number of ether oxygens (including phenoxy) is 1. The molecule has 0 aromatic heterocycles. The minimum Gasteiger partial charge on any atom is -0.452 e. The van der Waals surface area contributed by atoms with Gasteiger partial charge in [-0.05, 0) is 49.9 Å². The van der Waals surface area contributed by atoms with Gasteiger partial charge in [-0.1, -0.05) is 48.0 Å². The number of nitrogens with one attached hydrogen (secondary N) is 1. The van der Waals surface area contributed by atoms with Crippen LogP contribution in [-0.4, -0.2) is 18.0 Å². The molecule has 0 aliphatic rings. The molecule has 2 aromatic carbocycles. The first-order valence-corrected chi connectivity index (χ1v) is 8.44. The molecule has 0 saturated carbocycles. The highest BCUT2D eigenvalue weighted by Gasteiger charge is 2.17. The van der Waals surface area contributed by atoms with Crippen molar-refractivity contribution in [3.63, 3.8) is 0 Å². The number of amides is 1. The first-order valence-electron chi connectivity index (χ1n) is 8.44. The molecule has 0 heterocycles. The van der Waals surface area contributed by atoms with Gasteiger partial charge in [0.05, 0.1) is 6.42 Å². The second-order valence-corrected chi connectivity index (χ2v) is 6.43. The number of hydrogen-bond acceptors (Lipinski definition) is 3.